The van der Waals surface area contributed by atoms with E-state index in [4.69, 9.17) is 9.47 Å². The van der Waals surface area contributed by atoms with Crippen molar-refractivity contribution in [2.45, 2.75) is 19.9 Å². The lowest BCUT2D eigenvalue weighted by atomic mass is 9.79. The highest BCUT2D eigenvalue weighted by Crippen LogP contribution is 2.38. The van der Waals surface area contributed by atoms with Crippen molar-refractivity contribution in [3.05, 3.63) is 29.8 Å². The van der Waals surface area contributed by atoms with Crippen molar-refractivity contribution in [1.82, 2.24) is 4.90 Å². The first-order valence-corrected chi connectivity index (χ1v) is 6.23. The van der Waals surface area contributed by atoms with Crippen LogP contribution < -0.4 is 4.74 Å². The van der Waals surface area contributed by atoms with Crippen LogP contribution in [0.15, 0.2) is 24.3 Å². The average molecular weight is 265 g/mol. The fraction of sp³-hybridized carbons (Fsp3) is 0.533. The van der Waals surface area contributed by atoms with Gasteiger partial charge in [0.15, 0.2) is 0 Å². The largest absolute Gasteiger partial charge is 0.497 e. The van der Waals surface area contributed by atoms with Gasteiger partial charge in [0.05, 0.1) is 19.6 Å². The third-order valence-corrected chi connectivity index (χ3v) is 3.34. The Kier molecular flexibility index (Phi) is 4.95. The van der Waals surface area contributed by atoms with E-state index in [0.29, 0.717) is 0 Å². The summed E-state index contributed by atoms with van der Waals surface area (Å²) in [5, 5.41) is 0. The molecule has 0 aromatic heterocycles. The number of carbonyl (C=O) groups is 1. The fourth-order valence-electron chi connectivity index (χ4n) is 2.52. The van der Waals surface area contributed by atoms with Gasteiger partial charge in [0.25, 0.3) is 0 Å². The molecule has 1 atom stereocenters. The third kappa shape index (κ3) is 3.26. The fourth-order valence-corrected chi connectivity index (χ4v) is 2.52. The molecular formula is C15H23NO3. The van der Waals surface area contributed by atoms with E-state index in [0.717, 1.165) is 11.3 Å². The average Bonchev–Trinajstić information content (AvgIpc) is 2.37. The highest BCUT2D eigenvalue weighted by atomic mass is 16.5. The van der Waals surface area contributed by atoms with Crippen molar-refractivity contribution in [3.8, 4) is 5.75 Å². The minimum absolute atomic E-state index is 0.0640. The maximum absolute atomic E-state index is 12.0. The molecule has 19 heavy (non-hydrogen) atoms. The zero-order valence-corrected chi connectivity index (χ0v) is 12.6. The summed E-state index contributed by atoms with van der Waals surface area (Å²) in [5.41, 5.74) is 0.425. The van der Waals surface area contributed by atoms with Gasteiger partial charge in [-0.25, -0.2) is 0 Å². The zero-order valence-electron chi connectivity index (χ0n) is 12.6. The van der Waals surface area contributed by atoms with Crippen LogP contribution >= 0.6 is 0 Å². The molecular weight excluding hydrogens is 242 g/mol. The number of methoxy groups -OCH3 is 2. The summed E-state index contributed by atoms with van der Waals surface area (Å²) in [6, 6.07) is 7.70. The molecule has 0 heterocycles. The molecule has 0 aliphatic heterocycles. The molecule has 0 bridgehead atoms. The number of ether oxygens (including phenoxy) is 2. The second kappa shape index (κ2) is 6.06. The quantitative estimate of drug-likeness (QED) is 0.767. The van der Waals surface area contributed by atoms with Crippen molar-refractivity contribution < 1.29 is 14.3 Å². The van der Waals surface area contributed by atoms with E-state index in [9.17, 15) is 4.79 Å². The predicted molar refractivity (Wildman–Crippen MR) is 75.2 cm³/mol. The van der Waals surface area contributed by atoms with Crippen molar-refractivity contribution in [2.24, 2.45) is 5.41 Å². The van der Waals surface area contributed by atoms with Crippen LogP contribution in [0.3, 0.4) is 0 Å². The normalized spacial score (nSPS) is 13.2. The lowest BCUT2D eigenvalue weighted by Gasteiger charge is -2.36. The summed E-state index contributed by atoms with van der Waals surface area (Å²) < 4.78 is 10.1. The summed E-state index contributed by atoms with van der Waals surface area (Å²) in [4.78, 5) is 14.0. The first kappa shape index (κ1) is 15.5. The van der Waals surface area contributed by atoms with Gasteiger partial charge in [-0.15, -0.1) is 0 Å². The van der Waals surface area contributed by atoms with E-state index in [1.54, 1.807) is 7.11 Å². The van der Waals surface area contributed by atoms with Gasteiger partial charge in [-0.2, -0.15) is 0 Å². The molecule has 1 rings (SSSR count). The summed E-state index contributed by atoms with van der Waals surface area (Å²) >= 11 is 0. The first-order valence-electron chi connectivity index (χ1n) is 6.23. The number of hydrogen-bond donors (Lipinski definition) is 0. The van der Waals surface area contributed by atoms with Crippen LogP contribution in [-0.2, 0) is 9.53 Å². The van der Waals surface area contributed by atoms with Crippen molar-refractivity contribution in [2.75, 3.05) is 28.3 Å². The lowest BCUT2D eigenvalue weighted by Crippen LogP contribution is -2.40. The Morgan fingerprint density at radius 3 is 2.05 bits per heavy atom. The van der Waals surface area contributed by atoms with Gasteiger partial charge in [0.1, 0.15) is 5.75 Å². The smallest absolute Gasteiger partial charge is 0.313 e. The first-order chi connectivity index (χ1) is 8.84. The number of hydrogen-bond acceptors (Lipinski definition) is 4. The predicted octanol–water partition coefficient (Wildman–Crippen LogP) is 2.50. The molecule has 0 aliphatic carbocycles. The Balaban J connectivity index is 3.16. The van der Waals surface area contributed by atoms with Crippen LogP contribution in [0.4, 0.5) is 0 Å². The molecule has 0 fully saturated rings. The van der Waals surface area contributed by atoms with Crippen molar-refractivity contribution >= 4 is 5.97 Å². The van der Waals surface area contributed by atoms with Crippen molar-refractivity contribution in [1.29, 1.82) is 0 Å². The summed E-state index contributed by atoms with van der Waals surface area (Å²) in [5.74, 6) is 0.583. The van der Waals surface area contributed by atoms with Crippen LogP contribution in [0.5, 0.6) is 5.75 Å². The maximum atomic E-state index is 12.0. The van der Waals surface area contributed by atoms with Crippen LogP contribution in [0.2, 0.25) is 0 Å². The Labute approximate surface area is 115 Å². The minimum Gasteiger partial charge on any atom is -0.497 e. The Morgan fingerprint density at radius 1 is 1.16 bits per heavy atom. The van der Waals surface area contributed by atoms with E-state index < -0.39 is 5.41 Å². The Bertz CT molecular complexity index is 424. The highest BCUT2D eigenvalue weighted by Gasteiger charge is 2.40. The van der Waals surface area contributed by atoms with Gasteiger partial charge in [-0.1, -0.05) is 12.1 Å². The van der Waals surface area contributed by atoms with Gasteiger partial charge < -0.3 is 14.4 Å². The number of benzene rings is 1. The number of nitrogens with zero attached hydrogens (tertiary/aromatic N) is 1. The molecule has 0 spiro atoms. The van der Waals surface area contributed by atoms with E-state index in [1.165, 1.54) is 7.11 Å². The number of rotatable bonds is 5. The molecule has 0 aliphatic rings. The molecule has 0 saturated heterocycles. The molecule has 0 saturated carbocycles. The van der Waals surface area contributed by atoms with E-state index in [2.05, 4.69) is 0 Å². The van der Waals surface area contributed by atoms with Crippen molar-refractivity contribution in [3.63, 3.8) is 0 Å². The maximum Gasteiger partial charge on any atom is 0.313 e. The van der Waals surface area contributed by atoms with Crippen LogP contribution in [0, 0.1) is 5.41 Å². The molecule has 0 radical (unpaired) electrons. The molecule has 1 aromatic carbocycles. The number of esters is 1. The molecule has 4 nitrogen and oxygen atoms in total. The van der Waals surface area contributed by atoms with Gasteiger partial charge in [0, 0.05) is 6.04 Å². The number of carbonyl (C=O) groups excluding carboxylic acids is 1. The summed E-state index contributed by atoms with van der Waals surface area (Å²) in [7, 11) is 6.97. The second-order valence-electron chi connectivity index (χ2n) is 5.35. The Hall–Kier alpha value is -1.55. The summed E-state index contributed by atoms with van der Waals surface area (Å²) in [6.07, 6.45) is 0. The molecule has 106 valence electrons. The van der Waals surface area contributed by atoms with Crippen LogP contribution in [-0.4, -0.2) is 39.2 Å². The van der Waals surface area contributed by atoms with Gasteiger partial charge in [-0.05, 0) is 45.6 Å². The van der Waals surface area contributed by atoms with E-state index >= 15 is 0 Å². The van der Waals surface area contributed by atoms with E-state index in [1.807, 2.05) is 57.1 Å². The monoisotopic (exact) mass is 265 g/mol. The Morgan fingerprint density at radius 2 is 1.68 bits per heavy atom. The molecule has 0 amide bonds. The minimum atomic E-state index is -0.632. The van der Waals surface area contributed by atoms with E-state index in [-0.39, 0.29) is 12.0 Å². The van der Waals surface area contributed by atoms with Gasteiger partial charge in [-0.3, -0.25) is 4.79 Å². The zero-order chi connectivity index (χ0) is 14.6. The molecule has 4 heteroatoms. The van der Waals surface area contributed by atoms with Crippen LogP contribution in [0.1, 0.15) is 25.5 Å². The molecule has 0 N–H and O–H groups in total. The van der Waals surface area contributed by atoms with Gasteiger partial charge >= 0.3 is 5.97 Å². The highest BCUT2D eigenvalue weighted by molar-refractivity contribution is 5.77. The van der Waals surface area contributed by atoms with Crippen LogP contribution in [0.25, 0.3) is 0 Å². The molecule has 1 unspecified atom stereocenters. The summed E-state index contributed by atoms with van der Waals surface area (Å²) in [6.45, 7) is 3.79. The SMILES string of the molecule is COC(=O)C(C)(C)C(c1ccc(OC)cc1)N(C)C. The topological polar surface area (TPSA) is 38.8 Å². The lowest BCUT2D eigenvalue weighted by molar-refractivity contribution is -0.154. The van der Waals surface area contributed by atoms with Gasteiger partial charge in [0.2, 0.25) is 0 Å². The standard InChI is InChI=1S/C15H23NO3/c1-15(2,14(17)19-6)13(16(3)4)11-7-9-12(18-5)10-8-11/h7-10,13H,1-6H3. The molecule has 1 aromatic rings. The third-order valence-electron chi connectivity index (χ3n) is 3.34. The second-order valence-corrected chi connectivity index (χ2v) is 5.35.